The number of likely N-dealkylation sites (N-methyl/N-ethyl adjacent to an activating group) is 1. The van der Waals surface area contributed by atoms with Crippen molar-refractivity contribution in [1.82, 2.24) is 29.7 Å². The molecule has 1 saturated carbocycles. The number of carbonyl (C=O) groups is 1. The third kappa shape index (κ3) is 18.8. The SMILES string of the molecule is COCCOCCOCCOCCOCCOCCOC1CCC(c2nccc(COc3ccc4cc3C[C@H](C(=O)OC(C)(C)C)Oc3ncnc5sc(-c6ccc(F)cc6)c(c35)-c3c(C)c(Cl)c(c(Cl)c3C)O[C@H](CN3CCN(C)CC3)CO4)n2)CC1. The number of ether oxygens (including phenoxy) is 12. The highest BCUT2D eigenvalue weighted by Crippen LogP contribution is 2.53. The van der Waals surface area contributed by atoms with E-state index in [2.05, 4.69) is 16.8 Å². The summed E-state index contributed by atoms with van der Waals surface area (Å²) in [6.07, 6.45) is 4.99. The fraction of sp³-hybridized carbons (Fsp3) is 0.554. The van der Waals surface area contributed by atoms with Crippen molar-refractivity contribution in [3.05, 3.63) is 105 Å². The highest BCUT2D eigenvalue weighted by Gasteiger charge is 2.34. The zero-order valence-corrected chi connectivity index (χ0v) is 53.9. The van der Waals surface area contributed by atoms with Crippen LogP contribution in [0.25, 0.3) is 31.8 Å². The summed E-state index contributed by atoms with van der Waals surface area (Å²) in [6, 6.07) is 13.6. The van der Waals surface area contributed by atoms with Crippen LogP contribution in [0, 0.1) is 19.7 Å². The van der Waals surface area contributed by atoms with Crippen molar-refractivity contribution in [1.29, 1.82) is 0 Å². The van der Waals surface area contributed by atoms with Gasteiger partial charge in [-0.1, -0.05) is 35.3 Å². The third-order valence-corrected chi connectivity index (χ3v) is 17.5. The summed E-state index contributed by atoms with van der Waals surface area (Å²) in [7, 11) is 3.76. The number of fused-ring (bicyclic) bond motifs is 7. The molecule has 2 atom stereocenters. The maximum absolute atomic E-state index is 14.7. The van der Waals surface area contributed by atoms with Crippen molar-refractivity contribution in [3.8, 4) is 44.7 Å². The topological polar surface area (TPSA) is 186 Å². The van der Waals surface area contributed by atoms with Crippen molar-refractivity contribution in [3.63, 3.8) is 0 Å². The Kier molecular flexibility index (Phi) is 25.2. The lowest BCUT2D eigenvalue weighted by Crippen LogP contribution is -2.49. The van der Waals surface area contributed by atoms with Gasteiger partial charge in [-0.3, -0.25) is 4.90 Å². The number of thiophene rings is 1. The number of benzene rings is 3. The van der Waals surface area contributed by atoms with E-state index in [1.54, 1.807) is 46.2 Å². The van der Waals surface area contributed by atoms with Crippen LogP contribution in [0.5, 0.6) is 23.1 Å². The molecule has 23 heteroatoms. The molecule has 10 rings (SSSR count). The number of aromatic nitrogens is 4. The van der Waals surface area contributed by atoms with Crippen LogP contribution in [0.15, 0.2) is 61.1 Å². The van der Waals surface area contributed by atoms with E-state index in [0.717, 1.165) is 62.6 Å². The minimum atomic E-state index is -1.27. The van der Waals surface area contributed by atoms with Gasteiger partial charge in [0.1, 0.15) is 59.2 Å². The Morgan fingerprint density at radius 1 is 0.761 bits per heavy atom. The van der Waals surface area contributed by atoms with Crippen LogP contribution < -0.4 is 18.9 Å². The average Bonchev–Trinajstić information content (AvgIpc) is 2.56. The Morgan fingerprint density at radius 2 is 1.40 bits per heavy atom. The van der Waals surface area contributed by atoms with Gasteiger partial charge < -0.3 is 61.7 Å². The molecule has 0 radical (unpaired) electrons. The number of methoxy groups -OCH3 is 1. The number of rotatable bonds is 27. The van der Waals surface area contributed by atoms with E-state index in [1.807, 2.05) is 38.1 Å². The number of piperazine rings is 1. The number of nitrogens with zero attached hydrogens (tertiary/aromatic N) is 6. The second kappa shape index (κ2) is 33.1. The molecule has 19 nitrogen and oxygen atoms in total. The molecule has 0 amide bonds. The van der Waals surface area contributed by atoms with E-state index >= 15 is 0 Å². The maximum Gasteiger partial charge on any atom is 0.348 e. The molecule has 0 unspecified atom stereocenters. The predicted octanol–water partition coefficient (Wildman–Crippen LogP) is 10.9. The third-order valence-electron chi connectivity index (χ3n) is 15.4. The first kappa shape index (κ1) is 67.0. The van der Waals surface area contributed by atoms with E-state index < -0.39 is 23.8 Å². The molecule has 3 aromatic heterocycles. The molecule has 6 heterocycles. The van der Waals surface area contributed by atoms with Gasteiger partial charge in [-0.05, 0) is 126 Å². The second-order valence-corrected chi connectivity index (χ2v) is 24.9. The van der Waals surface area contributed by atoms with Crippen molar-refractivity contribution < 1.29 is 66.0 Å². The largest absolute Gasteiger partial charge is 0.490 e. The van der Waals surface area contributed by atoms with Crippen molar-refractivity contribution in [2.24, 2.45) is 0 Å². The predicted molar refractivity (Wildman–Crippen MR) is 335 cm³/mol. The zero-order valence-electron chi connectivity index (χ0n) is 51.6. The van der Waals surface area contributed by atoms with Crippen LogP contribution >= 0.6 is 34.5 Å². The Morgan fingerprint density at radius 3 is 2.03 bits per heavy atom. The van der Waals surface area contributed by atoms with Crippen molar-refractivity contribution >= 4 is 50.7 Å². The van der Waals surface area contributed by atoms with E-state index in [-0.39, 0.29) is 43.4 Å². The maximum atomic E-state index is 14.7. The second-order valence-electron chi connectivity index (χ2n) is 23.1. The number of carbonyl (C=O) groups excluding carboxylic acids is 1. The highest BCUT2D eigenvalue weighted by atomic mass is 35.5. The van der Waals surface area contributed by atoms with E-state index in [0.29, 0.717) is 162 Å². The van der Waals surface area contributed by atoms with Crippen molar-refractivity contribution in [2.75, 3.05) is 133 Å². The normalized spacial score (nSPS) is 18.6. The summed E-state index contributed by atoms with van der Waals surface area (Å²) >= 11 is 16.3. The summed E-state index contributed by atoms with van der Waals surface area (Å²) in [4.78, 5) is 39.9. The molecule has 0 spiro atoms. The fourth-order valence-corrected chi connectivity index (χ4v) is 12.5. The highest BCUT2D eigenvalue weighted by molar-refractivity contribution is 7.22. The van der Waals surface area contributed by atoms with Crippen LogP contribution in [0.3, 0.4) is 0 Å². The summed E-state index contributed by atoms with van der Waals surface area (Å²) in [6.45, 7) is 19.6. The minimum absolute atomic E-state index is 0.0230. The van der Waals surface area contributed by atoms with Crippen LogP contribution in [-0.2, 0) is 55.7 Å². The number of halogens is 3. The Bertz CT molecular complexity index is 3170. The molecular formula is C65H83Cl2FN6O13S. The lowest BCUT2D eigenvalue weighted by molar-refractivity contribution is -0.163. The minimum Gasteiger partial charge on any atom is -0.490 e. The van der Waals surface area contributed by atoms with Crippen LogP contribution in [0.2, 0.25) is 10.0 Å². The molecule has 0 N–H and O–H groups in total. The summed E-state index contributed by atoms with van der Waals surface area (Å²) in [5.41, 5.74) is 3.83. The number of esters is 1. The van der Waals surface area contributed by atoms with Crippen LogP contribution in [-0.4, -0.2) is 192 Å². The Hall–Kier alpha value is -5.40. The quantitative estimate of drug-likeness (QED) is 0.0350. The molecule has 3 aliphatic heterocycles. The van der Waals surface area contributed by atoms with Crippen LogP contribution in [0.1, 0.15) is 80.6 Å². The number of hydrogen-bond acceptors (Lipinski definition) is 20. The summed E-state index contributed by atoms with van der Waals surface area (Å²) in [5, 5.41) is 1.14. The van der Waals surface area contributed by atoms with Gasteiger partial charge in [-0.25, -0.2) is 29.1 Å². The summed E-state index contributed by atoms with van der Waals surface area (Å²) < 4.78 is 86.9. The average molecular weight is 1280 g/mol. The Labute approximate surface area is 529 Å². The smallest absolute Gasteiger partial charge is 0.348 e. The lowest BCUT2D eigenvalue weighted by atomic mass is 9.87. The molecule has 478 valence electrons. The van der Waals surface area contributed by atoms with E-state index in [9.17, 15) is 9.18 Å². The lowest BCUT2D eigenvalue weighted by Gasteiger charge is -2.35. The fourth-order valence-electron chi connectivity index (χ4n) is 10.8. The van der Waals surface area contributed by atoms with E-state index in [4.69, 9.17) is 100.0 Å². The molecule has 6 aromatic rings. The molecular weight excluding hydrogens is 1190 g/mol. The molecule has 2 fully saturated rings. The first-order valence-electron chi connectivity index (χ1n) is 30.3. The van der Waals surface area contributed by atoms with Crippen molar-refractivity contribution in [2.45, 2.75) is 103 Å². The standard InChI is InChI=1S/C65H83Cl2FN6O13S/c1-42-54-43(2)58(67)59(57(42)66)85-51(38-74-22-20-73(6)21-23-74)40-83-50-16-17-52(46(36-50)37-53(64(75)87-65(3,4)5)86-62-56-55(54)60(88-63(56)71-41-70-62)44-8-12-47(68)13-9-44)84-39-48-18-19-69-61(72-48)45-10-14-49(15-11-45)82-35-34-81-33-32-80-31-30-79-29-28-78-27-26-77-25-24-76-7/h8-9,12-13,16-19,36,41,45,49,51,53H,10-11,14-15,20-35,37-40H2,1-7H3/t45?,49?,51-,53-/m1/s1. The monoisotopic (exact) mass is 1280 g/mol. The first-order valence-corrected chi connectivity index (χ1v) is 31.9. The van der Waals surface area contributed by atoms with Gasteiger partial charge in [-0.2, -0.15) is 0 Å². The van der Waals surface area contributed by atoms with Gasteiger partial charge in [0.2, 0.25) is 12.0 Å². The zero-order chi connectivity index (χ0) is 62.0. The van der Waals surface area contributed by atoms with Gasteiger partial charge in [-0.15, -0.1) is 11.3 Å². The van der Waals surface area contributed by atoms with Crippen LogP contribution in [0.4, 0.5) is 4.39 Å². The number of hydrogen-bond donors (Lipinski definition) is 0. The molecule has 1 aliphatic carbocycles. The Balaban J connectivity index is 0.896. The summed E-state index contributed by atoms with van der Waals surface area (Å²) in [5.74, 6) is 1.34. The van der Waals surface area contributed by atoms with Gasteiger partial charge in [0.05, 0.1) is 107 Å². The molecule has 88 heavy (non-hydrogen) atoms. The molecule has 4 aliphatic rings. The molecule has 4 bridgehead atoms. The van der Waals surface area contributed by atoms with Gasteiger partial charge in [0.15, 0.2) is 5.75 Å². The van der Waals surface area contributed by atoms with Gasteiger partial charge >= 0.3 is 5.97 Å². The van der Waals surface area contributed by atoms with Gasteiger partial charge in [0.25, 0.3) is 0 Å². The molecule has 1 saturated heterocycles. The molecule has 3 aromatic carbocycles. The van der Waals surface area contributed by atoms with Gasteiger partial charge in [0, 0.05) is 74.4 Å². The van der Waals surface area contributed by atoms with E-state index in [1.165, 1.54) is 29.8 Å². The first-order chi connectivity index (χ1) is 42.6.